The summed E-state index contributed by atoms with van der Waals surface area (Å²) in [6.45, 7) is 6.01. The van der Waals surface area contributed by atoms with E-state index in [1.165, 1.54) is 12.5 Å². The van der Waals surface area contributed by atoms with E-state index >= 15 is 0 Å². The van der Waals surface area contributed by atoms with Gasteiger partial charge in [-0.25, -0.2) is 0 Å². The summed E-state index contributed by atoms with van der Waals surface area (Å²) >= 11 is 0. The maximum atomic E-state index is 12.1. The van der Waals surface area contributed by atoms with Crippen LogP contribution in [-0.2, 0) is 20.7 Å². The van der Waals surface area contributed by atoms with Crippen LogP contribution in [-0.4, -0.2) is 17.9 Å². The molecule has 0 unspecified atom stereocenters. The second kappa shape index (κ2) is 6.10. The van der Waals surface area contributed by atoms with E-state index in [4.69, 9.17) is 4.74 Å². The van der Waals surface area contributed by atoms with Crippen molar-refractivity contribution < 1.29 is 14.3 Å². The molecule has 2 bridgehead atoms. The first-order valence-corrected chi connectivity index (χ1v) is 8.60. The second-order valence-electron chi connectivity index (χ2n) is 7.88. The summed E-state index contributed by atoms with van der Waals surface area (Å²) in [4.78, 5) is 23.2. The van der Waals surface area contributed by atoms with Gasteiger partial charge in [-0.1, -0.05) is 44.2 Å². The van der Waals surface area contributed by atoms with E-state index < -0.39 is 0 Å². The molecule has 0 aliphatic heterocycles. The van der Waals surface area contributed by atoms with E-state index in [1.54, 1.807) is 0 Å². The molecule has 3 aliphatic rings. The Morgan fingerprint density at radius 2 is 1.87 bits per heavy atom. The largest absolute Gasteiger partial charge is 0.461 e. The van der Waals surface area contributed by atoms with Gasteiger partial charge in [-0.05, 0) is 43.1 Å². The highest BCUT2D eigenvalue weighted by molar-refractivity contribution is 5.94. The number of carbonyl (C=O) groups is 2. The first-order chi connectivity index (χ1) is 10.9. The van der Waals surface area contributed by atoms with Crippen molar-refractivity contribution in [3.8, 4) is 0 Å². The summed E-state index contributed by atoms with van der Waals surface area (Å²) in [6.07, 6.45) is 3.04. The highest BCUT2D eigenvalue weighted by Crippen LogP contribution is 2.61. The summed E-state index contributed by atoms with van der Waals surface area (Å²) in [5, 5.41) is 0. The van der Waals surface area contributed by atoms with Gasteiger partial charge in [0.25, 0.3) is 0 Å². The van der Waals surface area contributed by atoms with Crippen LogP contribution >= 0.6 is 0 Å². The lowest BCUT2D eigenvalue weighted by Gasteiger charge is -2.61. The molecule has 4 atom stereocenters. The van der Waals surface area contributed by atoms with Crippen LogP contribution in [0.15, 0.2) is 30.3 Å². The van der Waals surface area contributed by atoms with Gasteiger partial charge in [-0.2, -0.15) is 0 Å². The molecule has 3 nitrogen and oxygen atoms in total. The molecule has 0 heterocycles. The molecule has 0 aromatic heterocycles. The summed E-state index contributed by atoms with van der Waals surface area (Å²) in [5.41, 5.74) is 1.54. The van der Waals surface area contributed by atoms with Crippen LogP contribution in [0.3, 0.4) is 0 Å². The van der Waals surface area contributed by atoms with Crippen molar-refractivity contribution in [2.24, 2.45) is 23.2 Å². The van der Waals surface area contributed by atoms with Crippen molar-refractivity contribution in [3.63, 3.8) is 0 Å². The molecule has 4 rings (SSSR count). The molecule has 23 heavy (non-hydrogen) atoms. The fourth-order valence-electron chi connectivity index (χ4n) is 4.53. The average Bonchev–Trinajstić information content (AvgIpc) is 2.48. The molecule has 1 aromatic carbocycles. The van der Waals surface area contributed by atoms with Gasteiger partial charge in [0, 0.05) is 11.8 Å². The van der Waals surface area contributed by atoms with E-state index in [1.807, 2.05) is 6.07 Å². The fraction of sp³-hybridized carbons (Fsp3) is 0.600. The monoisotopic (exact) mass is 314 g/mol. The minimum atomic E-state index is -0.360. The number of hydrogen-bond acceptors (Lipinski definition) is 3. The first kappa shape index (κ1) is 16.2. The number of benzene rings is 1. The van der Waals surface area contributed by atoms with Crippen molar-refractivity contribution in [1.29, 1.82) is 0 Å². The number of carbonyl (C=O) groups excluding carboxylic acids is 2. The summed E-state index contributed by atoms with van der Waals surface area (Å²) < 4.78 is 5.81. The summed E-state index contributed by atoms with van der Waals surface area (Å²) in [6, 6.07) is 10.4. The molecule has 3 saturated carbocycles. The standard InChI is InChI=1S/C20H26O3/c1-13(21)9-18(22)23-19-15(10-14-7-5-4-6-8-14)11-16-12-17(19)20(16,2)3/h4-8,15-17,19H,9-12H2,1-3H3/t15-,16+,17+,19-/m1/s1. The van der Waals surface area contributed by atoms with Crippen LogP contribution in [0.25, 0.3) is 0 Å². The van der Waals surface area contributed by atoms with Crippen molar-refractivity contribution in [2.75, 3.05) is 0 Å². The van der Waals surface area contributed by atoms with Gasteiger partial charge in [0.05, 0.1) is 0 Å². The third-order valence-electron chi connectivity index (χ3n) is 6.00. The lowest BCUT2D eigenvalue weighted by molar-refractivity contribution is -0.198. The van der Waals surface area contributed by atoms with Crippen molar-refractivity contribution in [2.45, 2.75) is 52.6 Å². The van der Waals surface area contributed by atoms with Crippen molar-refractivity contribution >= 4 is 11.8 Å². The highest BCUT2D eigenvalue weighted by atomic mass is 16.5. The first-order valence-electron chi connectivity index (χ1n) is 8.60. The van der Waals surface area contributed by atoms with E-state index in [9.17, 15) is 9.59 Å². The van der Waals surface area contributed by atoms with Gasteiger partial charge in [0.2, 0.25) is 0 Å². The van der Waals surface area contributed by atoms with Crippen LogP contribution in [0.1, 0.15) is 45.6 Å². The lowest BCUT2D eigenvalue weighted by Crippen LogP contribution is -2.59. The molecular formula is C20H26O3. The lowest BCUT2D eigenvalue weighted by atomic mass is 9.45. The second-order valence-corrected chi connectivity index (χ2v) is 7.88. The summed E-state index contributed by atoms with van der Waals surface area (Å²) in [5.74, 6) is 1.03. The maximum Gasteiger partial charge on any atom is 0.313 e. The average molecular weight is 314 g/mol. The van der Waals surface area contributed by atoms with E-state index in [0.29, 0.717) is 11.8 Å². The third kappa shape index (κ3) is 3.19. The summed E-state index contributed by atoms with van der Waals surface area (Å²) in [7, 11) is 0. The van der Waals surface area contributed by atoms with Gasteiger partial charge in [-0.3, -0.25) is 9.59 Å². The molecule has 0 spiro atoms. The predicted octanol–water partition coefficient (Wildman–Crippen LogP) is 3.80. The number of Topliss-reactive ketones (excluding diaryl/α,β-unsaturated/α-hetero) is 1. The number of ether oxygens (including phenoxy) is 1. The van der Waals surface area contributed by atoms with Gasteiger partial charge < -0.3 is 4.74 Å². The molecule has 0 saturated heterocycles. The Kier molecular flexibility index (Phi) is 4.31. The van der Waals surface area contributed by atoms with Gasteiger partial charge in [0.15, 0.2) is 0 Å². The Bertz CT molecular complexity index is 590. The molecule has 0 N–H and O–H groups in total. The normalized spacial score (nSPS) is 31.1. The minimum absolute atomic E-state index is 0.0537. The van der Waals surface area contributed by atoms with Crippen LogP contribution in [0, 0.1) is 23.2 Å². The zero-order valence-corrected chi connectivity index (χ0v) is 14.2. The SMILES string of the molecule is CC(=O)CC(=O)O[C@@H]1[C@H](Cc2ccccc2)C[C@H]2C[C@@H]1C2(C)C. The Labute approximate surface area is 138 Å². The fourth-order valence-corrected chi connectivity index (χ4v) is 4.53. The molecule has 0 amide bonds. The zero-order chi connectivity index (χ0) is 16.6. The van der Waals surface area contributed by atoms with Crippen LogP contribution < -0.4 is 0 Å². The maximum absolute atomic E-state index is 12.1. The number of esters is 1. The van der Waals surface area contributed by atoms with Crippen LogP contribution in [0.4, 0.5) is 0 Å². The van der Waals surface area contributed by atoms with E-state index in [2.05, 4.69) is 38.1 Å². The topological polar surface area (TPSA) is 43.4 Å². The molecular weight excluding hydrogens is 288 g/mol. The number of fused-ring (bicyclic) bond motifs is 2. The van der Waals surface area contributed by atoms with Crippen LogP contribution in [0.5, 0.6) is 0 Å². The Morgan fingerprint density at radius 3 is 2.48 bits per heavy atom. The molecule has 3 fully saturated rings. The quantitative estimate of drug-likeness (QED) is 0.613. The van der Waals surface area contributed by atoms with Gasteiger partial charge >= 0.3 is 5.97 Å². The molecule has 124 valence electrons. The molecule has 0 radical (unpaired) electrons. The third-order valence-corrected chi connectivity index (χ3v) is 6.00. The van der Waals surface area contributed by atoms with E-state index in [-0.39, 0.29) is 29.7 Å². The van der Waals surface area contributed by atoms with Gasteiger partial charge in [0.1, 0.15) is 18.3 Å². The number of hydrogen-bond donors (Lipinski definition) is 0. The molecule has 3 aliphatic carbocycles. The molecule has 3 heteroatoms. The Morgan fingerprint density at radius 1 is 1.17 bits per heavy atom. The van der Waals surface area contributed by atoms with Crippen LogP contribution in [0.2, 0.25) is 0 Å². The Balaban J connectivity index is 1.74. The zero-order valence-electron chi connectivity index (χ0n) is 14.2. The van der Waals surface area contributed by atoms with Gasteiger partial charge in [-0.15, -0.1) is 0 Å². The Hall–Kier alpha value is -1.64. The number of rotatable bonds is 5. The minimum Gasteiger partial charge on any atom is -0.461 e. The number of ketones is 1. The smallest absolute Gasteiger partial charge is 0.313 e. The molecule has 1 aromatic rings. The van der Waals surface area contributed by atoms with Crippen molar-refractivity contribution in [3.05, 3.63) is 35.9 Å². The van der Waals surface area contributed by atoms with Crippen molar-refractivity contribution in [1.82, 2.24) is 0 Å². The van der Waals surface area contributed by atoms with E-state index in [0.717, 1.165) is 25.2 Å². The highest BCUT2D eigenvalue weighted by Gasteiger charge is 2.59. The predicted molar refractivity (Wildman–Crippen MR) is 88.8 cm³/mol.